The first-order valence-electron chi connectivity index (χ1n) is 6.72. The van der Waals surface area contributed by atoms with Gasteiger partial charge in [0.05, 0.1) is 0 Å². The molecule has 0 aliphatic carbocycles. The van der Waals surface area contributed by atoms with Gasteiger partial charge in [-0.1, -0.05) is 38.6 Å². The van der Waals surface area contributed by atoms with Gasteiger partial charge in [0.15, 0.2) is 0 Å². The van der Waals surface area contributed by atoms with Gasteiger partial charge in [-0.3, -0.25) is 0 Å². The largest absolute Gasteiger partial charge is 0.389 e. The van der Waals surface area contributed by atoms with Crippen LogP contribution in [-0.2, 0) is 0 Å². The Labute approximate surface area is 126 Å². The molecule has 0 fully saturated rings. The molecule has 3 N–H and O–H groups in total. The molecule has 1 rings (SSSR count). The van der Waals surface area contributed by atoms with Gasteiger partial charge < -0.3 is 11.1 Å². The van der Waals surface area contributed by atoms with Crippen molar-refractivity contribution >= 4 is 34.7 Å². The van der Waals surface area contributed by atoms with Crippen LogP contribution in [-0.4, -0.2) is 17.3 Å². The zero-order valence-electron chi connectivity index (χ0n) is 12.2. The Kier molecular flexibility index (Phi) is 6.66. The summed E-state index contributed by atoms with van der Waals surface area (Å²) in [5.41, 5.74) is 7.90. The first kappa shape index (κ1) is 16.3. The number of hydrogen-bond acceptors (Lipinski definition) is 3. The standard InChI is InChI=1S/C15H24N2S2/c1-5-10(2)9-11(3)17-12-7-6-8-13(19-4)14(12)15(16)18/h6-8,10-11,17H,5,9H2,1-4H3,(H2,16,18). The molecule has 0 radical (unpaired) electrons. The van der Waals surface area contributed by atoms with Crippen LogP contribution in [0.5, 0.6) is 0 Å². The van der Waals surface area contributed by atoms with E-state index in [4.69, 9.17) is 18.0 Å². The highest BCUT2D eigenvalue weighted by atomic mass is 32.2. The third-order valence-electron chi connectivity index (χ3n) is 3.35. The summed E-state index contributed by atoms with van der Waals surface area (Å²) in [6.07, 6.45) is 4.40. The maximum Gasteiger partial charge on any atom is 0.107 e. The molecule has 0 aliphatic heterocycles. The number of thiocarbonyl (C=S) groups is 1. The van der Waals surface area contributed by atoms with Crippen molar-refractivity contribution in [1.29, 1.82) is 0 Å². The van der Waals surface area contributed by atoms with Crippen LogP contribution in [0.3, 0.4) is 0 Å². The molecule has 0 spiro atoms. The minimum atomic E-state index is 0.417. The summed E-state index contributed by atoms with van der Waals surface area (Å²) in [6.45, 7) is 6.72. The molecule has 2 atom stereocenters. The topological polar surface area (TPSA) is 38.0 Å². The fourth-order valence-corrected chi connectivity index (χ4v) is 3.09. The summed E-state index contributed by atoms with van der Waals surface area (Å²) in [5, 5.41) is 3.55. The molecule has 0 amide bonds. The van der Waals surface area contributed by atoms with E-state index in [1.807, 2.05) is 12.3 Å². The maximum atomic E-state index is 5.87. The van der Waals surface area contributed by atoms with E-state index in [0.717, 1.165) is 28.5 Å². The van der Waals surface area contributed by atoms with Crippen LogP contribution >= 0.6 is 24.0 Å². The minimum absolute atomic E-state index is 0.417. The molecule has 19 heavy (non-hydrogen) atoms. The fourth-order valence-electron chi connectivity index (χ4n) is 2.17. The predicted molar refractivity (Wildman–Crippen MR) is 91.3 cm³/mol. The number of rotatable bonds is 7. The van der Waals surface area contributed by atoms with Gasteiger partial charge in [0, 0.05) is 22.2 Å². The summed E-state index contributed by atoms with van der Waals surface area (Å²) >= 11 is 6.87. The lowest BCUT2D eigenvalue weighted by Gasteiger charge is -2.21. The molecule has 2 unspecified atom stereocenters. The number of hydrogen-bond donors (Lipinski definition) is 2. The SMILES string of the molecule is CCC(C)CC(C)Nc1cccc(SC)c1C(N)=S. The number of anilines is 1. The average molecular weight is 297 g/mol. The molecule has 0 saturated carbocycles. The fraction of sp³-hybridized carbons (Fsp3) is 0.533. The van der Waals surface area contributed by atoms with Crippen LogP contribution in [0.15, 0.2) is 23.1 Å². The first-order valence-corrected chi connectivity index (χ1v) is 8.36. The van der Waals surface area contributed by atoms with Crippen LogP contribution < -0.4 is 11.1 Å². The van der Waals surface area contributed by atoms with Gasteiger partial charge in [-0.05, 0) is 37.7 Å². The van der Waals surface area contributed by atoms with Crippen molar-refractivity contribution in [2.45, 2.75) is 44.6 Å². The second-order valence-electron chi connectivity index (χ2n) is 5.04. The molecule has 0 aliphatic rings. The van der Waals surface area contributed by atoms with Gasteiger partial charge >= 0.3 is 0 Å². The van der Waals surface area contributed by atoms with Crippen molar-refractivity contribution in [1.82, 2.24) is 0 Å². The van der Waals surface area contributed by atoms with Crippen molar-refractivity contribution < 1.29 is 0 Å². The Morgan fingerprint density at radius 2 is 2.11 bits per heavy atom. The molecule has 0 saturated heterocycles. The molecule has 0 aromatic heterocycles. The molecular weight excluding hydrogens is 272 g/mol. The van der Waals surface area contributed by atoms with Gasteiger partial charge in [0.25, 0.3) is 0 Å². The van der Waals surface area contributed by atoms with E-state index >= 15 is 0 Å². The van der Waals surface area contributed by atoms with E-state index in [1.165, 1.54) is 6.42 Å². The van der Waals surface area contributed by atoms with E-state index in [-0.39, 0.29) is 0 Å². The lowest BCUT2D eigenvalue weighted by atomic mass is 10.00. The quantitative estimate of drug-likeness (QED) is 0.582. The van der Waals surface area contributed by atoms with Gasteiger partial charge in [0.1, 0.15) is 4.99 Å². The van der Waals surface area contributed by atoms with E-state index in [0.29, 0.717) is 11.0 Å². The second kappa shape index (κ2) is 7.75. The van der Waals surface area contributed by atoms with E-state index in [1.54, 1.807) is 11.8 Å². The van der Waals surface area contributed by atoms with Gasteiger partial charge in [-0.25, -0.2) is 0 Å². The monoisotopic (exact) mass is 296 g/mol. The van der Waals surface area contributed by atoms with Crippen molar-refractivity contribution in [3.05, 3.63) is 23.8 Å². The summed E-state index contributed by atoms with van der Waals surface area (Å²) < 4.78 is 0. The van der Waals surface area contributed by atoms with E-state index < -0.39 is 0 Å². The third-order valence-corrected chi connectivity index (χ3v) is 4.33. The van der Waals surface area contributed by atoms with E-state index in [2.05, 4.69) is 38.2 Å². The molecular formula is C15H24N2S2. The Morgan fingerprint density at radius 1 is 1.42 bits per heavy atom. The highest BCUT2D eigenvalue weighted by molar-refractivity contribution is 7.98. The number of benzene rings is 1. The smallest absolute Gasteiger partial charge is 0.107 e. The molecule has 106 valence electrons. The van der Waals surface area contributed by atoms with Crippen LogP contribution in [0.25, 0.3) is 0 Å². The zero-order chi connectivity index (χ0) is 14.4. The highest BCUT2D eigenvalue weighted by Crippen LogP contribution is 2.28. The normalized spacial score (nSPS) is 13.9. The van der Waals surface area contributed by atoms with Crippen LogP contribution in [0, 0.1) is 5.92 Å². The summed E-state index contributed by atoms with van der Waals surface area (Å²) in [6, 6.07) is 6.58. The Morgan fingerprint density at radius 3 is 2.63 bits per heavy atom. The lowest BCUT2D eigenvalue weighted by molar-refractivity contribution is 0.484. The molecule has 4 heteroatoms. The van der Waals surface area contributed by atoms with Crippen LogP contribution in [0.2, 0.25) is 0 Å². The van der Waals surface area contributed by atoms with E-state index in [9.17, 15) is 0 Å². The Hall–Kier alpha value is -0.740. The zero-order valence-corrected chi connectivity index (χ0v) is 13.8. The highest BCUT2D eigenvalue weighted by Gasteiger charge is 2.13. The summed E-state index contributed by atoms with van der Waals surface area (Å²) in [7, 11) is 0. The molecule has 1 aromatic rings. The van der Waals surface area contributed by atoms with Gasteiger partial charge in [-0.2, -0.15) is 0 Å². The maximum absolute atomic E-state index is 5.87. The third kappa shape index (κ3) is 4.69. The summed E-state index contributed by atoms with van der Waals surface area (Å²) in [4.78, 5) is 1.59. The van der Waals surface area contributed by atoms with Crippen molar-refractivity contribution in [3.8, 4) is 0 Å². The lowest BCUT2D eigenvalue weighted by Crippen LogP contribution is -2.21. The predicted octanol–water partition coefficient (Wildman–Crippen LogP) is 4.28. The molecule has 2 nitrogen and oxygen atoms in total. The Bertz CT molecular complexity index is 432. The minimum Gasteiger partial charge on any atom is -0.389 e. The number of thioether (sulfide) groups is 1. The second-order valence-corrected chi connectivity index (χ2v) is 6.33. The number of nitrogens with two attached hydrogens (primary N) is 1. The van der Waals surface area contributed by atoms with Crippen LogP contribution in [0.1, 0.15) is 39.2 Å². The molecule has 0 bridgehead atoms. The number of nitrogens with one attached hydrogen (secondary N) is 1. The van der Waals surface area contributed by atoms with Crippen molar-refractivity contribution in [2.75, 3.05) is 11.6 Å². The van der Waals surface area contributed by atoms with Crippen LogP contribution in [0.4, 0.5) is 5.69 Å². The van der Waals surface area contributed by atoms with Gasteiger partial charge in [0.2, 0.25) is 0 Å². The average Bonchev–Trinajstić information content (AvgIpc) is 2.37. The van der Waals surface area contributed by atoms with Crippen molar-refractivity contribution in [3.63, 3.8) is 0 Å². The van der Waals surface area contributed by atoms with Crippen molar-refractivity contribution in [2.24, 2.45) is 11.7 Å². The summed E-state index contributed by atoms with van der Waals surface area (Å²) in [5.74, 6) is 0.722. The van der Waals surface area contributed by atoms with Gasteiger partial charge in [-0.15, -0.1) is 11.8 Å². The Balaban J connectivity index is 2.91. The molecule has 0 heterocycles. The molecule has 1 aromatic carbocycles. The first-order chi connectivity index (χ1) is 8.99.